The van der Waals surface area contributed by atoms with E-state index in [1.165, 1.54) is 5.56 Å². The van der Waals surface area contributed by atoms with Crippen molar-refractivity contribution in [2.75, 3.05) is 7.11 Å². The van der Waals surface area contributed by atoms with Gasteiger partial charge in [0.05, 0.1) is 11.6 Å². The van der Waals surface area contributed by atoms with Crippen LogP contribution in [-0.4, -0.2) is 19.0 Å². The zero-order chi connectivity index (χ0) is 24.2. The van der Waals surface area contributed by atoms with Crippen molar-refractivity contribution in [3.05, 3.63) is 98.7 Å². The van der Waals surface area contributed by atoms with Crippen LogP contribution in [0.1, 0.15) is 47.6 Å². The number of rotatable bonds is 7. The lowest BCUT2D eigenvalue weighted by atomic mass is 10.0. The lowest BCUT2D eigenvalue weighted by molar-refractivity contribution is -0.129. The van der Waals surface area contributed by atoms with E-state index in [-0.39, 0.29) is 5.70 Å². The molecule has 3 aromatic carbocycles. The average molecular weight is 520 g/mol. The maximum absolute atomic E-state index is 12.5. The Balaban J connectivity index is 1.58. The Morgan fingerprint density at radius 1 is 1.09 bits per heavy atom. The second-order valence-corrected chi connectivity index (χ2v) is 9.22. The summed E-state index contributed by atoms with van der Waals surface area (Å²) in [5.41, 5.74) is 5.20. The second-order valence-electron chi connectivity index (χ2n) is 8.36. The van der Waals surface area contributed by atoms with Crippen molar-refractivity contribution in [2.45, 2.75) is 33.3 Å². The van der Waals surface area contributed by atoms with Gasteiger partial charge in [-0.15, -0.1) is 0 Å². The third kappa shape index (κ3) is 5.23. The van der Waals surface area contributed by atoms with Gasteiger partial charge in [0.15, 0.2) is 17.2 Å². The predicted octanol–water partition coefficient (Wildman–Crippen LogP) is 6.81. The van der Waals surface area contributed by atoms with Gasteiger partial charge in [-0.1, -0.05) is 50.2 Å². The van der Waals surface area contributed by atoms with E-state index in [9.17, 15) is 4.79 Å². The summed E-state index contributed by atoms with van der Waals surface area (Å²) in [7, 11) is 1.58. The van der Waals surface area contributed by atoms with Gasteiger partial charge < -0.3 is 14.2 Å². The zero-order valence-electron chi connectivity index (χ0n) is 19.6. The van der Waals surface area contributed by atoms with Crippen molar-refractivity contribution < 1.29 is 19.0 Å². The number of halogens is 1. The molecule has 1 aliphatic rings. The van der Waals surface area contributed by atoms with Crippen LogP contribution in [-0.2, 0) is 16.1 Å². The van der Waals surface area contributed by atoms with Crippen LogP contribution in [0.3, 0.4) is 0 Å². The fourth-order valence-corrected chi connectivity index (χ4v) is 4.16. The number of benzene rings is 3. The number of aryl methyl sites for hydroxylation is 1. The molecule has 0 unspecified atom stereocenters. The highest BCUT2D eigenvalue weighted by atomic mass is 79.9. The summed E-state index contributed by atoms with van der Waals surface area (Å²) in [5, 5.41) is 0. The zero-order valence-corrected chi connectivity index (χ0v) is 21.2. The molecule has 1 heterocycles. The normalized spacial score (nSPS) is 14.4. The molecule has 0 atom stereocenters. The van der Waals surface area contributed by atoms with Crippen LogP contribution < -0.4 is 9.47 Å². The van der Waals surface area contributed by atoms with Crippen LogP contribution >= 0.6 is 15.9 Å². The Hall–Kier alpha value is -3.38. The molecule has 174 valence electrons. The van der Waals surface area contributed by atoms with Gasteiger partial charge in [-0.25, -0.2) is 9.79 Å². The smallest absolute Gasteiger partial charge is 0.363 e. The number of aliphatic imine (C=N–C) groups is 1. The number of esters is 1. The molecule has 0 saturated carbocycles. The molecule has 6 heteroatoms. The van der Waals surface area contributed by atoms with Gasteiger partial charge >= 0.3 is 5.97 Å². The van der Waals surface area contributed by atoms with Crippen LogP contribution in [0.2, 0.25) is 0 Å². The molecule has 0 spiro atoms. The first kappa shape index (κ1) is 23.8. The number of carbonyl (C=O) groups is 1. The highest BCUT2D eigenvalue weighted by Crippen LogP contribution is 2.38. The number of nitrogens with zero attached hydrogens (tertiary/aromatic N) is 1. The molecule has 0 amide bonds. The van der Waals surface area contributed by atoms with Crippen LogP contribution in [0.4, 0.5) is 0 Å². The maximum Gasteiger partial charge on any atom is 0.363 e. The molecule has 1 aliphatic heterocycles. The monoisotopic (exact) mass is 519 g/mol. The number of carbonyl (C=O) groups excluding carboxylic acids is 1. The van der Waals surface area contributed by atoms with E-state index in [0.717, 1.165) is 22.3 Å². The van der Waals surface area contributed by atoms with E-state index in [1.807, 2.05) is 67.6 Å². The van der Waals surface area contributed by atoms with Gasteiger partial charge in [-0.3, -0.25) is 0 Å². The van der Waals surface area contributed by atoms with Gasteiger partial charge in [0.25, 0.3) is 0 Å². The summed E-state index contributed by atoms with van der Waals surface area (Å²) in [5.74, 6) is 1.38. The number of methoxy groups -OCH3 is 1. The van der Waals surface area contributed by atoms with Crippen molar-refractivity contribution in [1.29, 1.82) is 0 Å². The molecule has 0 aliphatic carbocycles. The standard InChI is InChI=1S/C28H26BrNO4/c1-17(2)20-9-11-21(12-10-20)27-30-24(28(31)34-27)14-19-13-23(29)26(25(15-19)32-4)33-16-22-8-6-5-7-18(22)3/h5-15,17H,16H2,1-4H3/b24-14-. The van der Waals surface area contributed by atoms with E-state index in [0.29, 0.717) is 34.4 Å². The minimum absolute atomic E-state index is 0.227. The fraction of sp³-hybridized carbons (Fsp3) is 0.214. The summed E-state index contributed by atoms with van der Waals surface area (Å²) in [6, 6.07) is 19.6. The van der Waals surface area contributed by atoms with Crippen LogP contribution in [0.15, 0.2) is 75.8 Å². The number of ether oxygens (including phenoxy) is 3. The average Bonchev–Trinajstić information content (AvgIpc) is 3.19. The third-order valence-electron chi connectivity index (χ3n) is 5.63. The molecular formula is C28H26BrNO4. The van der Waals surface area contributed by atoms with Crippen LogP contribution in [0.5, 0.6) is 11.5 Å². The van der Waals surface area contributed by atoms with Gasteiger partial charge in [-0.05, 0) is 81.4 Å². The van der Waals surface area contributed by atoms with E-state index >= 15 is 0 Å². The minimum Gasteiger partial charge on any atom is -0.493 e. The fourth-order valence-electron chi connectivity index (χ4n) is 3.59. The van der Waals surface area contributed by atoms with Gasteiger partial charge in [0.1, 0.15) is 6.61 Å². The SMILES string of the molecule is COc1cc(/C=C2\N=C(c3ccc(C(C)C)cc3)OC2=O)cc(Br)c1OCc1ccccc1C. The highest BCUT2D eigenvalue weighted by molar-refractivity contribution is 9.10. The summed E-state index contributed by atoms with van der Waals surface area (Å²) in [4.78, 5) is 16.9. The summed E-state index contributed by atoms with van der Waals surface area (Å²) in [6.07, 6.45) is 1.68. The van der Waals surface area contributed by atoms with Crippen molar-refractivity contribution in [1.82, 2.24) is 0 Å². The van der Waals surface area contributed by atoms with Crippen LogP contribution in [0.25, 0.3) is 6.08 Å². The molecule has 0 radical (unpaired) electrons. The predicted molar refractivity (Wildman–Crippen MR) is 137 cm³/mol. The van der Waals surface area contributed by atoms with E-state index in [1.54, 1.807) is 13.2 Å². The number of hydrogen-bond acceptors (Lipinski definition) is 5. The maximum atomic E-state index is 12.5. The van der Waals surface area contributed by atoms with Gasteiger partial charge in [0, 0.05) is 5.56 Å². The van der Waals surface area contributed by atoms with Gasteiger partial charge in [-0.2, -0.15) is 0 Å². The summed E-state index contributed by atoms with van der Waals surface area (Å²) < 4.78 is 17.8. The Kier molecular flexibility index (Phi) is 7.17. The molecule has 0 N–H and O–H groups in total. The molecule has 34 heavy (non-hydrogen) atoms. The van der Waals surface area contributed by atoms with Crippen molar-refractivity contribution in [3.63, 3.8) is 0 Å². The van der Waals surface area contributed by atoms with Crippen LogP contribution in [0, 0.1) is 6.92 Å². The first-order chi connectivity index (χ1) is 16.4. The molecule has 0 bridgehead atoms. The Morgan fingerprint density at radius 2 is 1.82 bits per heavy atom. The molecule has 5 nitrogen and oxygen atoms in total. The van der Waals surface area contributed by atoms with Crippen molar-refractivity contribution in [3.8, 4) is 11.5 Å². The molecule has 0 saturated heterocycles. The summed E-state index contributed by atoms with van der Waals surface area (Å²) >= 11 is 3.58. The first-order valence-corrected chi connectivity index (χ1v) is 11.8. The van der Waals surface area contributed by atoms with E-state index < -0.39 is 5.97 Å². The third-order valence-corrected chi connectivity index (χ3v) is 6.22. The first-order valence-electron chi connectivity index (χ1n) is 11.0. The van der Waals surface area contributed by atoms with Crippen molar-refractivity contribution in [2.24, 2.45) is 4.99 Å². The molecule has 0 fully saturated rings. The Morgan fingerprint density at radius 3 is 2.50 bits per heavy atom. The molecule has 0 aromatic heterocycles. The number of hydrogen-bond donors (Lipinski definition) is 0. The lowest BCUT2D eigenvalue weighted by Gasteiger charge is -2.14. The number of cyclic esters (lactones) is 1. The summed E-state index contributed by atoms with van der Waals surface area (Å²) in [6.45, 7) is 6.73. The Bertz CT molecular complexity index is 1280. The van der Waals surface area contributed by atoms with Crippen molar-refractivity contribution >= 4 is 33.9 Å². The van der Waals surface area contributed by atoms with E-state index in [4.69, 9.17) is 14.2 Å². The molecular weight excluding hydrogens is 494 g/mol. The second kappa shape index (κ2) is 10.3. The topological polar surface area (TPSA) is 57.1 Å². The van der Waals surface area contributed by atoms with Gasteiger partial charge in [0.2, 0.25) is 5.90 Å². The Labute approximate surface area is 208 Å². The quantitative estimate of drug-likeness (QED) is 0.254. The molecule has 4 rings (SSSR count). The highest BCUT2D eigenvalue weighted by Gasteiger charge is 2.24. The molecule has 3 aromatic rings. The van der Waals surface area contributed by atoms with E-state index in [2.05, 4.69) is 34.8 Å². The largest absolute Gasteiger partial charge is 0.493 e. The lowest BCUT2D eigenvalue weighted by Crippen LogP contribution is -2.05. The minimum atomic E-state index is -0.488.